The largest absolute Gasteiger partial charge is 0.277 e. The van der Waals surface area contributed by atoms with E-state index in [1.807, 2.05) is 6.92 Å². The standard InChI is InChI=1S/C19H26N2O3S/c1-13-2-4-17(5-3-13)25(23,24)21-20-18(22)19-7-6-14-8-15(11-19)10-16(9-14)12-19/h2-5,14-16,21H,6-12H2,1H3,(H,20,22)/t14?,15-,16-,19?/m0/s1. The van der Waals surface area contributed by atoms with E-state index in [2.05, 4.69) is 10.3 Å². The third-order valence-corrected chi connectivity index (χ3v) is 7.77. The number of nitrogens with one attached hydrogen (secondary N) is 2. The van der Waals surface area contributed by atoms with Crippen molar-refractivity contribution in [3.63, 3.8) is 0 Å². The van der Waals surface area contributed by atoms with E-state index in [-0.39, 0.29) is 16.2 Å². The molecule has 5 nitrogen and oxygen atoms in total. The van der Waals surface area contributed by atoms with Gasteiger partial charge >= 0.3 is 0 Å². The van der Waals surface area contributed by atoms with Crippen molar-refractivity contribution in [2.45, 2.75) is 56.8 Å². The predicted octanol–water partition coefficient (Wildman–Crippen LogP) is 2.91. The van der Waals surface area contributed by atoms with E-state index in [1.165, 1.54) is 19.3 Å². The normalized spacial score (nSPS) is 33.9. The number of amides is 1. The first-order chi connectivity index (χ1) is 11.9. The third-order valence-electron chi connectivity index (χ3n) is 6.50. The molecule has 1 amide bonds. The van der Waals surface area contributed by atoms with Crippen molar-refractivity contribution in [1.29, 1.82) is 0 Å². The van der Waals surface area contributed by atoms with Gasteiger partial charge in [0.25, 0.3) is 10.0 Å². The van der Waals surface area contributed by atoms with E-state index in [0.29, 0.717) is 11.8 Å². The second-order valence-corrected chi connectivity index (χ2v) is 10.1. The van der Waals surface area contributed by atoms with Crippen molar-refractivity contribution in [3.05, 3.63) is 29.8 Å². The minimum absolute atomic E-state index is 0.138. The van der Waals surface area contributed by atoms with E-state index in [4.69, 9.17) is 0 Å². The number of rotatable bonds is 4. The van der Waals surface area contributed by atoms with Gasteiger partial charge in [-0.15, -0.1) is 4.83 Å². The summed E-state index contributed by atoms with van der Waals surface area (Å²) in [6.45, 7) is 1.90. The summed E-state index contributed by atoms with van der Waals surface area (Å²) in [5, 5.41) is 0. The van der Waals surface area contributed by atoms with E-state index in [9.17, 15) is 13.2 Å². The maximum absolute atomic E-state index is 12.9. The maximum atomic E-state index is 12.9. The van der Waals surface area contributed by atoms with Gasteiger partial charge in [0.15, 0.2) is 0 Å². The van der Waals surface area contributed by atoms with Gasteiger partial charge in [0.05, 0.1) is 10.3 Å². The van der Waals surface area contributed by atoms with Crippen LogP contribution in [0.2, 0.25) is 0 Å². The molecule has 4 aliphatic carbocycles. The first-order valence-corrected chi connectivity index (χ1v) is 10.7. The maximum Gasteiger partial charge on any atom is 0.257 e. The number of hydrogen-bond donors (Lipinski definition) is 2. The summed E-state index contributed by atoms with van der Waals surface area (Å²) in [5.41, 5.74) is 3.15. The molecule has 0 spiro atoms. The highest BCUT2D eigenvalue weighted by molar-refractivity contribution is 7.89. The zero-order valence-corrected chi connectivity index (χ0v) is 15.4. The van der Waals surface area contributed by atoms with Crippen molar-refractivity contribution in [1.82, 2.24) is 10.3 Å². The summed E-state index contributed by atoms with van der Waals surface area (Å²) in [4.78, 5) is 15.4. The summed E-state index contributed by atoms with van der Waals surface area (Å²) in [6, 6.07) is 6.61. The van der Waals surface area contributed by atoms with Gasteiger partial charge in [-0.3, -0.25) is 10.2 Å². The van der Waals surface area contributed by atoms with Gasteiger partial charge in [-0.2, -0.15) is 0 Å². The van der Waals surface area contributed by atoms with Crippen molar-refractivity contribution in [3.8, 4) is 0 Å². The fraction of sp³-hybridized carbons (Fsp3) is 0.632. The lowest BCUT2D eigenvalue weighted by atomic mass is 9.61. The first-order valence-electron chi connectivity index (χ1n) is 9.25. The van der Waals surface area contributed by atoms with Crippen molar-refractivity contribution in [2.75, 3.05) is 0 Å². The van der Waals surface area contributed by atoms with Gasteiger partial charge < -0.3 is 0 Å². The van der Waals surface area contributed by atoms with Gasteiger partial charge in [0.2, 0.25) is 5.91 Å². The average Bonchev–Trinajstić information content (AvgIpc) is 2.78. The quantitative estimate of drug-likeness (QED) is 0.809. The molecule has 2 atom stereocenters. The molecule has 1 aromatic carbocycles. The Morgan fingerprint density at radius 3 is 2.28 bits per heavy atom. The molecule has 4 aliphatic rings. The van der Waals surface area contributed by atoms with Gasteiger partial charge in [-0.25, -0.2) is 8.42 Å². The van der Waals surface area contributed by atoms with Crippen LogP contribution in [0, 0.1) is 30.1 Å². The molecular weight excluding hydrogens is 336 g/mol. The van der Waals surface area contributed by atoms with Crippen LogP contribution in [0.1, 0.15) is 50.5 Å². The summed E-state index contributed by atoms with van der Waals surface area (Å²) in [7, 11) is -3.74. The lowest BCUT2D eigenvalue weighted by Crippen LogP contribution is -2.51. The second-order valence-electron chi connectivity index (χ2n) is 8.41. The van der Waals surface area contributed by atoms with Gasteiger partial charge in [0, 0.05) is 0 Å². The summed E-state index contributed by atoms with van der Waals surface area (Å²) in [5.74, 6) is 1.91. The SMILES string of the molecule is Cc1ccc(S(=O)(=O)NNC(=O)C23CCC4C[C@@H](C[C@H](C4)C2)C3)cc1. The topological polar surface area (TPSA) is 75.3 Å². The van der Waals surface area contributed by atoms with Crippen LogP contribution >= 0.6 is 0 Å². The molecule has 0 aliphatic heterocycles. The van der Waals surface area contributed by atoms with Gasteiger partial charge in [0.1, 0.15) is 0 Å². The van der Waals surface area contributed by atoms with E-state index >= 15 is 0 Å². The molecule has 0 aromatic heterocycles. The lowest BCUT2D eigenvalue weighted by molar-refractivity contribution is -0.136. The Kier molecular flexibility index (Phi) is 4.15. The highest BCUT2D eigenvalue weighted by Crippen LogP contribution is 2.57. The van der Waals surface area contributed by atoms with Crippen LogP contribution in [0.3, 0.4) is 0 Å². The number of benzene rings is 1. The molecule has 0 saturated heterocycles. The molecule has 1 aromatic rings. The summed E-state index contributed by atoms with van der Waals surface area (Å²) in [6.07, 6.45) is 7.58. The molecule has 0 heterocycles. The number of carbonyl (C=O) groups is 1. The number of hydrogen-bond acceptors (Lipinski definition) is 3. The molecule has 136 valence electrons. The van der Waals surface area contributed by atoms with E-state index in [0.717, 1.165) is 37.2 Å². The first kappa shape index (κ1) is 17.0. The van der Waals surface area contributed by atoms with Gasteiger partial charge in [-0.05, 0) is 81.8 Å². The van der Waals surface area contributed by atoms with Crippen LogP contribution in [0.25, 0.3) is 0 Å². The molecule has 4 bridgehead atoms. The molecule has 6 heteroatoms. The fourth-order valence-electron chi connectivity index (χ4n) is 5.47. The van der Waals surface area contributed by atoms with Crippen molar-refractivity contribution >= 4 is 15.9 Å². The number of hydrazine groups is 1. The van der Waals surface area contributed by atoms with Crippen molar-refractivity contribution < 1.29 is 13.2 Å². The molecule has 2 N–H and O–H groups in total. The van der Waals surface area contributed by atoms with Gasteiger partial charge in [-0.1, -0.05) is 17.7 Å². The van der Waals surface area contributed by atoms with E-state index < -0.39 is 10.0 Å². The van der Waals surface area contributed by atoms with E-state index in [1.54, 1.807) is 24.3 Å². The molecule has 0 radical (unpaired) electrons. The third kappa shape index (κ3) is 3.22. The fourth-order valence-corrected chi connectivity index (χ4v) is 6.31. The van der Waals surface area contributed by atoms with Crippen molar-refractivity contribution in [2.24, 2.45) is 23.2 Å². The Balaban J connectivity index is 1.47. The Morgan fingerprint density at radius 2 is 1.64 bits per heavy atom. The van der Waals surface area contributed by atoms with Crippen LogP contribution in [0.4, 0.5) is 0 Å². The van der Waals surface area contributed by atoms with Crippen LogP contribution < -0.4 is 10.3 Å². The van der Waals surface area contributed by atoms with Crippen LogP contribution in [-0.2, 0) is 14.8 Å². The Hall–Kier alpha value is -1.40. The number of aryl methyl sites for hydroxylation is 1. The predicted molar refractivity (Wildman–Crippen MR) is 94.9 cm³/mol. The Labute approximate surface area is 149 Å². The zero-order chi connectivity index (χ0) is 17.7. The number of carbonyl (C=O) groups excluding carboxylic acids is 1. The molecule has 0 unspecified atom stereocenters. The monoisotopic (exact) mass is 362 g/mol. The minimum Gasteiger partial charge on any atom is -0.277 e. The lowest BCUT2D eigenvalue weighted by Gasteiger charge is -2.44. The van der Waals surface area contributed by atoms with Crippen LogP contribution in [-0.4, -0.2) is 14.3 Å². The molecule has 5 rings (SSSR count). The molecule has 4 saturated carbocycles. The molecular formula is C19H26N2O3S. The zero-order valence-electron chi connectivity index (χ0n) is 14.6. The Morgan fingerprint density at radius 1 is 1.04 bits per heavy atom. The summed E-state index contributed by atoms with van der Waals surface area (Å²) >= 11 is 0. The number of sulfonamides is 1. The molecule has 25 heavy (non-hydrogen) atoms. The second kappa shape index (κ2) is 6.09. The Bertz CT molecular complexity index is 758. The van der Waals surface area contributed by atoms with Crippen LogP contribution in [0.5, 0.6) is 0 Å². The average molecular weight is 362 g/mol. The number of fused-ring (bicyclic) bond motifs is 1. The molecule has 4 fully saturated rings. The summed E-state index contributed by atoms with van der Waals surface area (Å²) < 4.78 is 24.8. The smallest absolute Gasteiger partial charge is 0.257 e. The highest BCUT2D eigenvalue weighted by Gasteiger charge is 2.51. The highest BCUT2D eigenvalue weighted by atomic mass is 32.2. The van der Waals surface area contributed by atoms with Crippen LogP contribution in [0.15, 0.2) is 29.2 Å². The minimum atomic E-state index is -3.74.